The summed E-state index contributed by atoms with van der Waals surface area (Å²) in [6.45, 7) is 4.26. The van der Waals surface area contributed by atoms with Crippen molar-refractivity contribution in [2.24, 2.45) is 0 Å². The van der Waals surface area contributed by atoms with Crippen molar-refractivity contribution in [2.75, 3.05) is 13.1 Å². The number of hydrogen-bond acceptors (Lipinski definition) is 5. The topological polar surface area (TPSA) is 58.1 Å². The molecule has 0 bridgehead atoms. The van der Waals surface area contributed by atoms with Crippen LogP contribution in [0, 0.1) is 0 Å². The number of aromatic nitrogens is 2. The minimum atomic E-state index is -0.0750. The summed E-state index contributed by atoms with van der Waals surface area (Å²) >= 11 is 1.76. The second-order valence-corrected chi connectivity index (χ2v) is 9.23. The van der Waals surface area contributed by atoms with E-state index >= 15 is 0 Å². The number of nitrogens with one attached hydrogen (secondary N) is 1. The highest BCUT2D eigenvalue weighted by Crippen LogP contribution is 2.32. The number of carbonyl (C=O) groups is 1. The van der Waals surface area contributed by atoms with Gasteiger partial charge < -0.3 is 5.32 Å². The average Bonchev–Trinajstić information content (AvgIpc) is 3.54. The van der Waals surface area contributed by atoms with Crippen LogP contribution in [0.4, 0.5) is 0 Å². The van der Waals surface area contributed by atoms with Crippen LogP contribution in [0.1, 0.15) is 41.0 Å². The van der Waals surface area contributed by atoms with Gasteiger partial charge in [-0.05, 0) is 68.6 Å². The Morgan fingerprint density at radius 1 is 1.03 bits per heavy atom. The molecule has 0 spiro atoms. The quantitative estimate of drug-likeness (QED) is 0.439. The molecule has 1 aromatic carbocycles. The molecule has 3 aromatic heterocycles. The smallest absolute Gasteiger partial charge is 0.252 e. The van der Waals surface area contributed by atoms with Gasteiger partial charge in [0.25, 0.3) is 5.91 Å². The minimum absolute atomic E-state index is 0.0236. The van der Waals surface area contributed by atoms with Crippen molar-refractivity contribution in [2.45, 2.75) is 31.8 Å². The SMILES string of the molecule is C[C@H](NC(=O)c1cc(-c2ccccn2)nc2ccccc12)[C@@H](c1cccs1)N1CCCC1. The van der Waals surface area contributed by atoms with Crippen molar-refractivity contribution >= 4 is 28.1 Å². The lowest BCUT2D eigenvalue weighted by molar-refractivity contribution is 0.0909. The molecule has 1 amide bonds. The largest absolute Gasteiger partial charge is 0.348 e. The normalized spacial score (nSPS) is 16.2. The van der Waals surface area contributed by atoms with E-state index in [-0.39, 0.29) is 18.0 Å². The van der Waals surface area contributed by atoms with Crippen molar-refractivity contribution in [3.8, 4) is 11.4 Å². The zero-order valence-corrected chi connectivity index (χ0v) is 18.9. The number of benzene rings is 1. The maximum absolute atomic E-state index is 13.6. The van der Waals surface area contributed by atoms with Gasteiger partial charge in [-0.25, -0.2) is 4.98 Å². The van der Waals surface area contributed by atoms with Gasteiger partial charge in [0.2, 0.25) is 0 Å². The van der Waals surface area contributed by atoms with Gasteiger partial charge in [-0.15, -0.1) is 11.3 Å². The Balaban J connectivity index is 1.49. The van der Waals surface area contributed by atoms with E-state index in [2.05, 4.69) is 39.6 Å². The molecule has 5 rings (SSSR count). The molecule has 0 saturated carbocycles. The van der Waals surface area contributed by atoms with E-state index in [4.69, 9.17) is 4.98 Å². The molecular formula is C26H26N4OS. The summed E-state index contributed by atoms with van der Waals surface area (Å²) in [5, 5.41) is 6.28. The first-order chi connectivity index (χ1) is 15.7. The molecule has 1 aliphatic heterocycles. The molecule has 0 radical (unpaired) electrons. The van der Waals surface area contributed by atoms with Crippen LogP contribution in [0.5, 0.6) is 0 Å². The van der Waals surface area contributed by atoms with Gasteiger partial charge >= 0.3 is 0 Å². The van der Waals surface area contributed by atoms with E-state index in [0.29, 0.717) is 11.3 Å². The number of thiophene rings is 1. The van der Waals surface area contributed by atoms with Crippen LogP contribution in [0.2, 0.25) is 0 Å². The lowest BCUT2D eigenvalue weighted by atomic mass is 10.0. The van der Waals surface area contributed by atoms with Gasteiger partial charge in [0.15, 0.2) is 0 Å². The van der Waals surface area contributed by atoms with Gasteiger partial charge in [-0.3, -0.25) is 14.7 Å². The molecule has 6 heteroatoms. The van der Waals surface area contributed by atoms with Crippen LogP contribution in [-0.2, 0) is 0 Å². The van der Waals surface area contributed by atoms with Gasteiger partial charge in [-0.2, -0.15) is 0 Å². The Kier molecular flexibility index (Phi) is 5.97. The highest BCUT2D eigenvalue weighted by atomic mass is 32.1. The van der Waals surface area contributed by atoms with E-state index < -0.39 is 0 Å². The Labute approximate surface area is 192 Å². The molecule has 1 aliphatic rings. The Hall–Kier alpha value is -3.09. The lowest BCUT2D eigenvalue weighted by Gasteiger charge is -2.32. The lowest BCUT2D eigenvalue weighted by Crippen LogP contribution is -2.43. The molecule has 1 saturated heterocycles. The van der Waals surface area contributed by atoms with Crippen molar-refractivity contribution in [3.63, 3.8) is 0 Å². The number of amides is 1. The molecule has 4 aromatic rings. The predicted molar refractivity (Wildman–Crippen MR) is 130 cm³/mol. The number of carbonyl (C=O) groups excluding carboxylic acids is 1. The maximum atomic E-state index is 13.6. The molecule has 32 heavy (non-hydrogen) atoms. The monoisotopic (exact) mass is 442 g/mol. The van der Waals surface area contributed by atoms with Crippen LogP contribution in [0.3, 0.4) is 0 Å². The van der Waals surface area contributed by atoms with Crippen LogP contribution < -0.4 is 5.32 Å². The minimum Gasteiger partial charge on any atom is -0.348 e. The molecule has 162 valence electrons. The molecule has 1 fully saturated rings. The molecular weight excluding hydrogens is 416 g/mol. The Morgan fingerprint density at radius 2 is 1.84 bits per heavy atom. The number of para-hydroxylation sites is 1. The summed E-state index contributed by atoms with van der Waals surface area (Å²) in [6, 6.07) is 19.8. The van der Waals surface area contributed by atoms with Gasteiger partial charge in [-0.1, -0.05) is 30.3 Å². The predicted octanol–water partition coefficient (Wildman–Crippen LogP) is 5.31. The molecule has 5 nitrogen and oxygen atoms in total. The summed E-state index contributed by atoms with van der Waals surface area (Å²) in [7, 11) is 0. The number of likely N-dealkylation sites (tertiary alicyclic amines) is 1. The van der Waals surface area contributed by atoms with E-state index in [9.17, 15) is 4.79 Å². The van der Waals surface area contributed by atoms with Crippen molar-refractivity contribution < 1.29 is 4.79 Å². The molecule has 0 aliphatic carbocycles. The zero-order chi connectivity index (χ0) is 21.9. The first-order valence-corrected chi connectivity index (χ1v) is 12.0. The fourth-order valence-corrected chi connectivity index (χ4v) is 5.56. The fourth-order valence-electron chi connectivity index (χ4n) is 4.59. The molecule has 2 atom stereocenters. The van der Waals surface area contributed by atoms with Crippen LogP contribution >= 0.6 is 11.3 Å². The second-order valence-electron chi connectivity index (χ2n) is 8.25. The number of rotatable bonds is 6. The summed E-state index contributed by atoms with van der Waals surface area (Å²) in [4.78, 5) is 26.6. The summed E-state index contributed by atoms with van der Waals surface area (Å²) in [5.74, 6) is -0.0750. The van der Waals surface area contributed by atoms with Gasteiger partial charge in [0.1, 0.15) is 0 Å². The van der Waals surface area contributed by atoms with Gasteiger partial charge in [0.05, 0.1) is 28.5 Å². The first-order valence-electron chi connectivity index (χ1n) is 11.1. The van der Waals surface area contributed by atoms with Gasteiger partial charge in [0, 0.05) is 22.5 Å². The third-order valence-corrected chi connectivity index (χ3v) is 7.03. The van der Waals surface area contributed by atoms with Crippen molar-refractivity contribution in [3.05, 3.63) is 82.7 Å². The van der Waals surface area contributed by atoms with Crippen LogP contribution in [0.15, 0.2) is 72.2 Å². The second kappa shape index (κ2) is 9.18. The number of pyridine rings is 2. The molecule has 4 heterocycles. The van der Waals surface area contributed by atoms with E-state index in [1.165, 1.54) is 17.7 Å². The highest BCUT2D eigenvalue weighted by molar-refractivity contribution is 7.10. The third-order valence-electron chi connectivity index (χ3n) is 6.09. The number of nitrogens with zero attached hydrogens (tertiary/aromatic N) is 3. The third kappa shape index (κ3) is 4.16. The van der Waals surface area contributed by atoms with Crippen LogP contribution in [0.25, 0.3) is 22.3 Å². The summed E-state index contributed by atoms with van der Waals surface area (Å²) in [5.41, 5.74) is 2.89. The van der Waals surface area contributed by atoms with E-state index in [1.807, 2.05) is 48.5 Å². The Bertz CT molecular complexity index is 1200. The zero-order valence-electron chi connectivity index (χ0n) is 18.1. The molecule has 1 N–H and O–H groups in total. The number of fused-ring (bicyclic) bond motifs is 1. The summed E-state index contributed by atoms with van der Waals surface area (Å²) < 4.78 is 0. The molecule has 0 unspecified atom stereocenters. The van der Waals surface area contributed by atoms with Crippen molar-refractivity contribution in [1.29, 1.82) is 0 Å². The standard InChI is InChI=1S/C26H26N4OS/c1-18(25(24-12-8-16-32-24)30-14-6-7-15-30)28-26(31)20-17-23(22-11-4-5-13-27-22)29-21-10-3-2-9-19(20)21/h2-5,8-13,16-18,25H,6-7,14-15H2,1H3,(H,28,31)/t18-,25-/m0/s1. The fraction of sp³-hybridized carbons (Fsp3) is 0.269. The number of hydrogen-bond donors (Lipinski definition) is 1. The highest BCUT2D eigenvalue weighted by Gasteiger charge is 2.30. The van der Waals surface area contributed by atoms with E-state index in [0.717, 1.165) is 29.7 Å². The average molecular weight is 443 g/mol. The Morgan fingerprint density at radius 3 is 2.59 bits per heavy atom. The van der Waals surface area contributed by atoms with Crippen LogP contribution in [-0.4, -0.2) is 39.9 Å². The maximum Gasteiger partial charge on any atom is 0.252 e. The van der Waals surface area contributed by atoms with Crippen molar-refractivity contribution in [1.82, 2.24) is 20.2 Å². The first kappa shape index (κ1) is 20.8. The summed E-state index contributed by atoms with van der Waals surface area (Å²) in [6.07, 6.45) is 4.17. The van der Waals surface area contributed by atoms with E-state index in [1.54, 1.807) is 17.5 Å².